The van der Waals surface area contributed by atoms with Crippen molar-refractivity contribution < 1.29 is 19.4 Å². The van der Waals surface area contributed by atoms with Gasteiger partial charge in [-0.2, -0.15) is 0 Å². The number of hydrogen-bond donors (Lipinski definition) is 1. The molecule has 2 aromatic heterocycles. The van der Waals surface area contributed by atoms with Gasteiger partial charge < -0.3 is 14.2 Å². The first kappa shape index (κ1) is 14.1. The number of pyridine rings is 1. The Kier molecular flexibility index (Phi) is 2.38. The summed E-state index contributed by atoms with van der Waals surface area (Å²) in [5.41, 5.74) is -0.527. The number of anilines is 1. The molecule has 7 heteroatoms. The Bertz CT molecular complexity index is 908. The first-order valence-electron chi connectivity index (χ1n) is 8.04. The summed E-state index contributed by atoms with van der Waals surface area (Å²) in [6.45, 7) is 3.56. The lowest BCUT2D eigenvalue weighted by atomic mass is 9.67. The van der Waals surface area contributed by atoms with E-state index in [1.807, 2.05) is 6.92 Å². The van der Waals surface area contributed by atoms with Crippen molar-refractivity contribution in [2.24, 2.45) is 11.8 Å². The highest BCUT2D eigenvalue weighted by atomic mass is 16.6. The highest BCUT2D eigenvalue weighted by molar-refractivity contribution is 6.23. The molecule has 5 heterocycles. The Morgan fingerprint density at radius 1 is 1.25 bits per heavy atom. The van der Waals surface area contributed by atoms with E-state index in [-0.39, 0.29) is 11.8 Å². The van der Waals surface area contributed by atoms with Crippen LogP contribution in [0.3, 0.4) is 0 Å². The third-order valence-corrected chi connectivity index (χ3v) is 5.93. The van der Waals surface area contributed by atoms with Crippen LogP contribution < -0.4 is 4.90 Å². The fourth-order valence-corrected chi connectivity index (χ4v) is 4.82. The van der Waals surface area contributed by atoms with Crippen molar-refractivity contribution in [1.82, 2.24) is 9.38 Å². The van der Waals surface area contributed by atoms with Crippen molar-refractivity contribution in [2.45, 2.75) is 37.6 Å². The van der Waals surface area contributed by atoms with Crippen LogP contribution in [0.1, 0.15) is 20.3 Å². The SMILES string of the molecule is CC12C[C@@H](O)C(C)(O1)[C@H]1C(=O)N(c3ccc4nccn4c3)C(=O)C12. The van der Waals surface area contributed by atoms with E-state index in [9.17, 15) is 14.7 Å². The van der Waals surface area contributed by atoms with Crippen LogP contribution in [-0.4, -0.2) is 43.6 Å². The number of fused-ring (bicyclic) bond motifs is 6. The van der Waals surface area contributed by atoms with E-state index in [1.54, 1.807) is 42.0 Å². The topological polar surface area (TPSA) is 84.1 Å². The van der Waals surface area contributed by atoms with Gasteiger partial charge in [0, 0.05) is 25.0 Å². The molecule has 5 atom stereocenters. The minimum Gasteiger partial charge on any atom is -0.390 e. The number of aliphatic hydroxyl groups excluding tert-OH is 1. The van der Waals surface area contributed by atoms with Gasteiger partial charge in [-0.1, -0.05) is 0 Å². The minimum absolute atomic E-state index is 0.248. The molecule has 7 nitrogen and oxygen atoms in total. The Hall–Kier alpha value is -2.25. The lowest BCUT2D eigenvalue weighted by Crippen LogP contribution is -2.49. The van der Waals surface area contributed by atoms with Gasteiger partial charge in [-0.3, -0.25) is 9.59 Å². The third-order valence-electron chi connectivity index (χ3n) is 5.93. The van der Waals surface area contributed by atoms with E-state index in [0.29, 0.717) is 12.1 Å². The van der Waals surface area contributed by atoms with Crippen molar-refractivity contribution in [3.8, 4) is 0 Å². The second kappa shape index (κ2) is 4.04. The average molecular weight is 327 g/mol. The fraction of sp³-hybridized carbons (Fsp3) is 0.471. The first-order valence-corrected chi connectivity index (χ1v) is 8.04. The third kappa shape index (κ3) is 1.43. The molecule has 0 radical (unpaired) electrons. The lowest BCUT2D eigenvalue weighted by Gasteiger charge is -2.31. The van der Waals surface area contributed by atoms with Crippen LogP contribution in [0.25, 0.3) is 5.65 Å². The standard InChI is InChI=1S/C17H17N3O4/c1-16-7-10(21)17(2,24-16)13-12(16)14(22)20(15(13)23)9-3-4-11-18-5-6-19(11)8-9/h3-6,8,10,12-13,21H,7H2,1-2H3/t10-,12?,13-,16?,17?/m1/s1. The minimum atomic E-state index is -1.000. The molecule has 3 aliphatic rings. The summed E-state index contributed by atoms with van der Waals surface area (Å²) in [5.74, 6) is -1.73. The monoisotopic (exact) mass is 327 g/mol. The van der Waals surface area contributed by atoms with E-state index in [1.165, 1.54) is 4.90 Å². The van der Waals surface area contributed by atoms with Crippen LogP contribution in [0.2, 0.25) is 0 Å². The van der Waals surface area contributed by atoms with Gasteiger partial charge in [-0.05, 0) is 26.0 Å². The summed E-state index contributed by atoms with van der Waals surface area (Å²) in [6.07, 6.45) is 4.79. The number of amides is 2. The Balaban J connectivity index is 1.63. The Morgan fingerprint density at radius 2 is 2.00 bits per heavy atom. The molecule has 3 aliphatic heterocycles. The molecule has 2 bridgehead atoms. The molecule has 3 unspecified atom stereocenters. The Labute approximate surface area is 137 Å². The number of ether oxygens (including phenoxy) is 1. The van der Waals surface area contributed by atoms with E-state index in [0.717, 1.165) is 5.65 Å². The van der Waals surface area contributed by atoms with Crippen LogP contribution in [0, 0.1) is 11.8 Å². The number of hydrogen-bond acceptors (Lipinski definition) is 5. The molecule has 3 saturated heterocycles. The van der Waals surface area contributed by atoms with E-state index in [2.05, 4.69) is 4.98 Å². The summed E-state index contributed by atoms with van der Waals surface area (Å²) in [4.78, 5) is 31.5. The van der Waals surface area contributed by atoms with Gasteiger partial charge in [-0.25, -0.2) is 9.88 Å². The highest BCUT2D eigenvalue weighted by Crippen LogP contribution is 2.60. The number of rotatable bonds is 1. The maximum Gasteiger partial charge on any atom is 0.240 e. The number of carbonyl (C=O) groups is 2. The number of aromatic nitrogens is 2. The summed E-state index contributed by atoms with van der Waals surface area (Å²) in [6, 6.07) is 3.50. The molecule has 0 aromatic carbocycles. The first-order chi connectivity index (χ1) is 11.3. The largest absolute Gasteiger partial charge is 0.390 e. The van der Waals surface area contributed by atoms with Crippen molar-refractivity contribution in [3.63, 3.8) is 0 Å². The molecule has 124 valence electrons. The van der Waals surface area contributed by atoms with Gasteiger partial charge in [0.15, 0.2) is 0 Å². The zero-order valence-corrected chi connectivity index (χ0v) is 13.3. The van der Waals surface area contributed by atoms with E-state index < -0.39 is 29.1 Å². The molecule has 0 saturated carbocycles. The van der Waals surface area contributed by atoms with Gasteiger partial charge in [0.2, 0.25) is 11.8 Å². The summed E-state index contributed by atoms with van der Waals surface area (Å²) < 4.78 is 7.75. The molecular weight excluding hydrogens is 310 g/mol. The van der Waals surface area contributed by atoms with Crippen LogP contribution >= 0.6 is 0 Å². The van der Waals surface area contributed by atoms with Gasteiger partial charge in [0.25, 0.3) is 0 Å². The molecule has 5 rings (SSSR count). The molecule has 0 spiro atoms. The number of nitrogens with zero attached hydrogens (tertiary/aromatic N) is 3. The zero-order chi connectivity index (χ0) is 16.9. The summed E-state index contributed by atoms with van der Waals surface area (Å²) >= 11 is 0. The van der Waals surface area contributed by atoms with Gasteiger partial charge in [-0.15, -0.1) is 0 Å². The van der Waals surface area contributed by atoms with Crippen LogP contribution in [0.4, 0.5) is 5.69 Å². The van der Waals surface area contributed by atoms with Crippen LogP contribution in [0.5, 0.6) is 0 Å². The van der Waals surface area contributed by atoms with Crippen molar-refractivity contribution >= 4 is 23.1 Å². The predicted octanol–water partition coefficient (Wildman–Crippen LogP) is 0.752. The number of imidazole rings is 1. The smallest absolute Gasteiger partial charge is 0.240 e. The molecule has 0 aliphatic carbocycles. The highest BCUT2D eigenvalue weighted by Gasteiger charge is 2.75. The summed E-state index contributed by atoms with van der Waals surface area (Å²) in [5, 5.41) is 10.3. The summed E-state index contributed by atoms with van der Waals surface area (Å²) in [7, 11) is 0. The lowest BCUT2D eigenvalue weighted by molar-refractivity contribution is -0.132. The number of imide groups is 1. The van der Waals surface area contributed by atoms with Gasteiger partial charge >= 0.3 is 0 Å². The van der Waals surface area contributed by atoms with Gasteiger partial charge in [0.1, 0.15) is 11.2 Å². The maximum absolute atomic E-state index is 13.0. The number of aliphatic hydroxyl groups is 1. The molecule has 2 amide bonds. The fourth-order valence-electron chi connectivity index (χ4n) is 4.82. The Morgan fingerprint density at radius 3 is 2.79 bits per heavy atom. The molecule has 24 heavy (non-hydrogen) atoms. The normalized spacial score (nSPS) is 40.8. The quantitative estimate of drug-likeness (QED) is 0.782. The van der Waals surface area contributed by atoms with E-state index in [4.69, 9.17) is 4.74 Å². The van der Waals surface area contributed by atoms with Crippen LogP contribution in [-0.2, 0) is 14.3 Å². The van der Waals surface area contributed by atoms with Crippen molar-refractivity contribution in [1.29, 1.82) is 0 Å². The maximum atomic E-state index is 13.0. The second-order valence-electron chi connectivity index (χ2n) is 7.37. The van der Waals surface area contributed by atoms with Crippen LogP contribution in [0.15, 0.2) is 30.7 Å². The number of carbonyl (C=O) groups excluding carboxylic acids is 2. The second-order valence-corrected chi connectivity index (χ2v) is 7.37. The molecule has 2 aromatic rings. The van der Waals surface area contributed by atoms with Crippen molar-refractivity contribution in [2.75, 3.05) is 4.90 Å². The predicted molar refractivity (Wildman–Crippen MR) is 83.2 cm³/mol. The van der Waals surface area contributed by atoms with E-state index >= 15 is 0 Å². The molecule has 3 fully saturated rings. The average Bonchev–Trinajstić information content (AvgIpc) is 3.19. The molecule has 1 N–H and O–H groups in total. The van der Waals surface area contributed by atoms with Gasteiger partial charge in [0.05, 0.1) is 29.2 Å². The zero-order valence-electron chi connectivity index (χ0n) is 13.3. The molecular formula is C17H17N3O4. The van der Waals surface area contributed by atoms with Crippen molar-refractivity contribution in [3.05, 3.63) is 30.7 Å².